The summed E-state index contributed by atoms with van der Waals surface area (Å²) in [6, 6.07) is 14.6. The Hall–Kier alpha value is -2.49. The standard InChI is InChI=1S/C17H9FN2OS2/c18-13-5-7-14(8-6-13)20-16(21)15(23-17(20)22)9-11-1-3-12(10-19)4-2-11/h1-9H. The van der Waals surface area contributed by atoms with Gasteiger partial charge in [0.25, 0.3) is 5.91 Å². The highest BCUT2D eigenvalue weighted by molar-refractivity contribution is 8.27. The predicted molar refractivity (Wildman–Crippen MR) is 93.2 cm³/mol. The van der Waals surface area contributed by atoms with Gasteiger partial charge in [-0.05, 0) is 48.0 Å². The van der Waals surface area contributed by atoms with E-state index in [4.69, 9.17) is 17.5 Å². The zero-order valence-corrected chi connectivity index (χ0v) is 13.3. The largest absolute Gasteiger partial charge is 0.270 e. The zero-order chi connectivity index (χ0) is 16.4. The van der Waals surface area contributed by atoms with Gasteiger partial charge in [-0.3, -0.25) is 9.69 Å². The minimum Gasteiger partial charge on any atom is -0.268 e. The van der Waals surface area contributed by atoms with Crippen LogP contribution in [0.25, 0.3) is 6.08 Å². The molecule has 2 aromatic carbocycles. The van der Waals surface area contributed by atoms with E-state index < -0.39 is 0 Å². The van der Waals surface area contributed by atoms with Crippen molar-refractivity contribution in [3.05, 3.63) is 70.4 Å². The van der Waals surface area contributed by atoms with Crippen LogP contribution in [0.4, 0.5) is 10.1 Å². The summed E-state index contributed by atoms with van der Waals surface area (Å²) < 4.78 is 13.4. The molecule has 1 aliphatic heterocycles. The molecule has 1 amide bonds. The maximum atomic E-state index is 13.0. The molecule has 112 valence electrons. The Morgan fingerprint density at radius 3 is 2.39 bits per heavy atom. The van der Waals surface area contributed by atoms with Crippen LogP contribution in [-0.2, 0) is 4.79 Å². The van der Waals surface area contributed by atoms with E-state index in [0.717, 1.165) is 5.56 Å². The van der Waals surface area contributed by atoms with E-state index in [1.807, 2.05) is 6.07 Å². The molecule has 3 nitrogen and oxygen atoms in total. The minimum absolute atomic E-state index is 0.240. The van der Waals surface area contributed by atoms with Crippen LogP contribution in [0.2, 0.25) is 0 Å². The Labute approximate surface area is 142 Å². The fourth-order valence-electron chi connectivity index (χ4n) is 2.09. The minimum atomic E-state index is -0.368. The van der Waals surface area contributed by atoms with E-state index in [2.05, 4.69) is 0 Å². The van der Waals surface area contributed by atoms with Gasteiger partial charge in [-0.1, -0.05) is 36.1 Å². The molecule has 0 saturated carbocycles. The number of rotatable bonds is 2. The van der Waals surface area contributed by atoms with Crippen LogP contribution >= 0.6 is 24.0 Å². The molecule has 0 N–H and O–H groups in total. The highest BCUT2D eigenvalue weighted by atomic mass is 32.2. The predicted octanol–water partition coefficient (Wildman–Crippen LogP) is 4.10. The fourth-order valence-corrected chi connectivity index (χ4v) is 3.38. The number of thioether (sulfide) groups is 1. The van der Waals surface area contributed by atoms with Crippen LogP contribution in [0.1, 0.15) is 11.1 Å². The lowest BCUT2D eigenvalue weighted by molar-refractivity contribution is -0.113. The van der Waals surface area contributed by atoms with Gasteiger partial charge in [0, 0.05) is 0 Å². The summed E-state index contributed by atoms with van der Waals surface area (Å²) in [4.78, 5) is 14.4. The molecule has 0 unspecified atom stereocenters. The first-order chi connectivity index (χ1) is 11.1. The molecule has 3 rings (SSSR count). The van der Waals surface area contributed by atoms with E-state index >= 15 is 0 Å². The third kappa shape index (κ3) is 3.16. The second-order valence-electron chi connectivity index (χ2n) is 4.73. The molecular formula is C17H9FN2OS2. The van der Waals surface area contributed by atoms with Gasteiger partial charge in [-0.15, -0.1) is 0 Å². The molecule has 2 aromatic rings. The molecule has 1 fully saturated rings. The van der Waals surface area contributed by atoms with Crippen molar-refractivity contribution in [2.45, 2.75) is 0 Å². The van der Waals surface area contributed by atoms with E-state index in [9.17, 15) is 9.18 Å². The lowest BCUT2D eigenvalue weighted by Crippen LogP contribution is -2.27. The van der Waals surface area contributed by atoms with Crippen LogP contribution in [0.5, 0.6) is 0 Å². The number of carbonyl (C=O) groups is 1. The molecule has 0 aromatic heterocycles. The quantitative estimate of drug-likeness (QED) is 0.610. The Kier molecular flexibility index (Phi) is 4.24. The number of nitriles is 1. The van der Waals surface area contributed by atoms with Gasteiger partial charge in [0.1, 0.15) is 5.82 Å². The molecule has 6 heteroatoms. The fraction of sp³-hybridized carbons (Fsp3) is 0. The summed E-state index contributed by atoms with van der Waals surface area (Å²) in [6.07, 6.45) is 1.73. The number of nitrogens with zero attached hydrogens (tertiary/aromatic N) is 2. The molecule has 1 aliphatic rings. The monoisotopic (exact) mass is 340 g/mol. The summed E-state index contributed by atoms with van der Waals surface area (Å²) in [7, 11) is 0. The first kappa shape index (κ1) is 15.4. The highest BCUT2D eigenvalue weighted by Crippen LogP contribution is 2.35. The van der Waals surface area contributed by atoms with E-state index in [1.165, 1.54) is 40.9 Å². The summed E-state index contributed by atoms with van der Waals surface area (Å²) in [5.41, 5.74) is 1.90. The summed E-state index contributed by atoms with van der Waals surface area (Å²) >= 11 is 6.45. The highest BCUT2D eigenvalue weighted by Gasteiger charge is 2.33. The van der Waals surface area contributed by atoms with Crippen molar-refractivity contribution in [1.29, 1.82) is 5.26 Å². The lowest BCUT2D eigenvalue weighted by Gasteiger charge is -2.14. The first-order valence-corrected chi connectivity index (χ1v) is 7.84. The average Bonchev–Trinajstić information content (AvgIpc) is 2.83. The van der Waals surface area contributed by atoms with Gasteiger partial charge in [0.15, 0.2) is 4.32 Å². The maximum absolute atomic E-state index is 13.0. The van der Waals surface area contributed by atoms with Crippen LogP contribution in [0.3, 0.4) is 0 Å². The second-order valence-corrected chi connectivity index (χ2v) is 6.40. The average molecular weight is 340 g/mol. The van der Waals surface area contributed by atoms with Crippen molar-refractivity contribution < 1.29 is 9.18 Å². The van der Waals surface area contributed by atoms with Gasteiger partial charge >= 0.3 is 0 Å². The molecule has 0 atom stereocenters. The summed E-state index contributed by atoms with van der Waals surface area (Å²) in [6.45, 7) is 0. The molecule has 0 aliphatic carbocycles. The number of carbonyl (C=O) groups excluding carboxylic acids is 1. The Morgan fingerprint density at radius 1 is 1.13 bits per heavy atom. The number of halogens is 1. The second kappa shape index (κ2) is 6.32. The Morgan fingerprint density at radius 2 is 1.78 bits per heavy atom. The Balaban J connectivity index is 1.89. The van der Waals surface area contributed by atoms with Crippen molar-refractivity contribution in [2.75, 3.05) is 4.90 Å². The van der Waals surface area contributed by atoms with Crippen molar-refractivity contribution in [1.82, 2.24) is 0 Å². The van der Waals surface area contributed by atoms with Crippen LogP contribution in [-0.4, -0.2) is 10.2 Å². The topological polar surface area (TPSA) is 44.1 Å². The third-order valence-corrected chi connectivity index (χ3v) is 4.52. The van der Waals surface area contributed by atoms with Gasteiger partial charge in [0.05, 0.1) is 22.2 Å². The van der Waals surface area contributed by atoms with E-state index in [0.29, 0.717) is 20.5 Å². The molecule has 0 bridgehead atoms. The maximum Gasteiger partial charge on any atom is 0.270 e. The molecule has 1 saturated heterocycles. The van der Waals surface area contributed by atoms with Gasteiger partial charge in [-0.2, -0.15) is 5.26 Å². The van der Waals surface area contributed by atoms with Crippen LogP contribution < -0.4 is 4.90 Å². The summed E-state index contributed by atoms with van der Waals surface area (Å²) in [5, 5.41) is 8.80. The number of thiocarbonyl (C=S) groups is 1. The van der Waals surface area contributed by atoms with Gasteiger partial charge in [-0.25, -0.2) is 4.39 Å². The lowest BCUT2D eigenvalue weighted by atomic mass is 10.1. The van der Waals surface area contributed by atoms with Gasteiger partial charge in [0.2, 0.25) is 0 Å². The number of hydrogen-bond acceptors (Lipinski definition) is 4. The first-order valence-electron chi connectivity index (χ1n) is 6.62. The normalized spacial score (nSPS) is 16.0. The number of hydrogen-bond donors (Lipinski definition) is 0. The zero-order valence-electron chi connectivity index (χ0n) is 11.7. The van der Waals surface area contributed by atoms with Gasteiger partial charge < -0.3 is 0 Å². The van der Waals surface area contributed by atoms with E-state index in [-0.39, 0.29) is 11.7 Å². The molecule has 23 heavy (non-hydrogen) atoms. The van der Waals surface area contributed by atoms with Crippen LogP contribution in [0.15, 0.2) is 53.4 Å². The molecule has 0 radical (unpaired) electrons. The van der Waals surface area contributed by atoms with Crippen LogP contribution in [0, 0.1) is 17.1 Å². The number of benzene rings is 2. The number of amides is 1. The molecule has 1 heterocycles. The van der Waals surface area contributed by atoms with Crippen molar-refractivity contribution in [2.24, 2.45) is 0 Å². The molecular weight excluding hydrogens is 331 g/mol. The van der Waals surface area contributed by atoms with E-state index in [1.54, 1.807) is 30.3 Å². The molecule has 0 spiro atoms. The van der Waals surface area contributed by atoms with Crippen molar-refractivity contribution in [3.8, 4) is 6.07 Å². The van der Waals surface area contributed by atoms with Crippen molar-refractivity contribution >= 4 is 46.0 Å². The smallest absolute Gasteiger partial charge is 0.268 e. The third-order valence-electron chi connectivity index (χ3n) is 3.22. The number of anilines is 1. The van der Waals surface area contributed by atoms with Crippen molar-refractivity contribution in [3.63, 3.8) is 0 Å². The SMILES string of the molecule is N#Cc1ccc(C=C2SC(=S)N(c3ccc(F)cc3)C2=O)cc1. The Bertz CT molecular complexity index is 852. The summed E-state index contributed by atoms with van der Waals surface area (Å²) in [5.74, 6) is -0.608.